The molecule has 0 saturated carbocycles. The van der Waals surface area contributed by atoms with E-state index in [1.165, 1.54) is 21.9 Å². The Hall–Kier alpha value is -3.52. The van der Waals surface area contributed by atoms with Gasteiger partial charge < -0.3 is 0 Å². The second kappa shape index (κ2) is 6.33. The number of aromatic nitrogens is 2. The molecule has 0 unspecified atom stereocenters. The monoisotopic (exact) mass is 346 g/mol. The van der Waals surface area contributed by atoms with Crippen molar-refractivity contribution < 1.29 is 0 Å². The van der Waals surface area contributed by atoms with Crippen molar-refractivity contribution in [2.75, 3.05) is 0 Å². The first-order chi connectivity index (χ1) is 13.3. The van der Waals surface area contributed by atoms with Crippen molar-refractivity contribution in [3.63, 3.8) is 0 Å². The van der Waals surface area contributed by atoms with E-state index >= 15 is 0 Å². The first-order valence-electron chi connectivity index (χ1n) is 9.11. The van der Waals surface area contributed by atoms with Crippen LogP contribution in [0.5, 0.6) is 0 Å². The molecule has 27 heavy (non-hydrogen) atoms. The zero-order chi connectivity index (χ0) is 18.2. The number of benzene rings is 3. The third-order valence-electron chi connectivity index (χ3n) is 5.05. The Morgan fingerprint density at radius 2 is 1.41 bits per heavy atom. The van der Waals surface area contributed by atoms with Crippen LogP contribution in [0.4, 0.5) is 0 Å². The highest BCUT2D eigenvalue weighted by Gasteiger charge is 2.11. The molecule has 0 aliphatic heterocycles. The molecule has 0 saturated heterocycles. The van der Waals surface area contributed by atoms with Crippen molar-refractivity contribution in [2.45, 2.75) is 6.92 Å². The van der Waals surface area contributed by atoms with Gasteiger partial charge in [-0.1, -0.05) is 66.7 Å². The van der Waals surface area contributed by atoms with Crippen LogP contribution in [0.2, 0.25) is 0 Å². The molecule has 0 N–H and O–H groups in total. The van der Waals surface area contributed by atoms with Gasteiger partial charge in [-0.2, -0.15) is 0 Å². The number of hydrogen-bond donors (Lipinski definition) is 0. The van der Waals surface area contributed by atoms with Crippen LogP contribution in [0.1, 0.15) is 5.56 Å². The average Bonchev–Trinajstić information content (AvgIpc) is 2.73. The lowest BCUT2D eigenvalue weighted by molar-refractivity contribution is 1.31. The van der Waals surface area contributed by atoms with Gasteiger partial charge in [0.2, 0.25) is 0 Å². The molecule has 0 spiro atoms. The topological polar surface area (TPSA) is 25.8 Å². The van der Waals surface area contributed by atoms with Gasteiger partial charge in [-0.3, -0.25) is 4.98 Å². The minimum atomic E-state index is 0.948. The van der Waals surface area contributed by atoms with Gasteiger partial charge in [0.1, 0.15) is 0 Å². The fourth-order valence-electron chi connectivity index (χ4n) is 3.76. The molecule has 0 fully saturated rings. The summed E-state index contributed by atoms with van der Waals surface area (Å²) in [6.07, 6.45) is 1.84. The molecule has 0 aliphatic carbocycles. The third-order valence-corrected chi connectivity index (χ3v) is 5.05. The predicted molar refractivity (Wildman–Crippen MR) is 113 cm³/mol. The minimum Gasteiger partial charge on any atom is -0.256 e. The number of nitrogens with zero attached hydrogens (tertiary/aromatic N) is 2. The van der Waals surface area contributed by atoms with Crippen molar-refractivity contribution in [2.24, 2.45) is 0 Å². The fraction of sp³-hybridized carbons (Fsp3) is 0.0400. The molecule has 0 radical (unpaired) electrons. The summed E-state index contributed by atoms with van der Waals surface area (Å²) in [4.78, 5) is 9.62. The van der Waals surface area contributed by atoms with Gasteiger partial charge >= 0.3 is 0 Å². The van der Waals surface area contributed by atoms with Gasteiger partial charge in [0.25, 0.3) is 0 Å². The van der Waals surface area contributed by atoms with Gasteiger partial charge in [0, 0.05) is 22.7 Å². The van der Waals surface area contributed by atoms with E-state index in [0.29, 0.717) is 0 Å². The van der Waals surface area contributed by atoms with Crippen molar-refractivity contribution in [3.8, 4) is 22.5 Å². The highest BCUT2D eigenvalue weighted by molar-refractivity contribution is 5.98. The van der Waals surface area contributed by atoms with Gasteiger partial charge in [0.05, 0.1) is 16.9 Å². The van der Waals surface area contributed by atoms with Crippen LogP contribution in [-0.4, -0.2) is 9.97 Å². The van der Waals surface area contributed by atoms with Crippen molar-refractivity contribution in [3.05, 3.63) is 96.7 Å². The Morgan fingerprint density at radius 3 is 2.37 bits per heavy atom. The minimum absolute atomic E-state index is 0.948. The van der Waals surface area contributed by atoms with Crippen molar-refractivity contribution in [1.82, 2.24) is 9.97 Å². The van der Waals surface area contributed by atoms with Crippen LogP contribution >= 0.6 is 0 Å². The standard InChI is InChI=1S/C25H18N2/c1-17-14-15-18-7-2-3-10-20(18)24(17)23-13-5-12-22(27-23)21-11-4-8-19-9-6-16-26-25(19)21/h2-16H,1H3. The second-order valence-electron chi connectivity index (χ2n) is 6.77. The largest absolute Gasteiger partial charge is 0.256 e. The van der Waals surface area contributed by atoms with E-state index in [-0.39, 0.29) is 0 Å². The summed E-state index contributed by atoms with van der Waals surface area (Å²) in [5.41, 5.74) is 6.42. The average molecular weight is 346 g/mol. The number of rotatable bonds is 2. The normalized spacial score (nSPS) is 11.1. The van der Waals surface area contributed by atoms with E-state index in [1.807, 2.05) is 12.3 Å². The summed E-state index contributed by atoms with van der Waals surface area (Å²) in [5.74, 6) is 0. The lowest BCUT2D eigenvalue weighted by Gasteiger charge is -2.12. The SMILES string of the molecule is Cc1ccc2ccccc2c1-c1cccc(-c2cccc3cccnc23)n1. The number of para-hydroxylation sites is 1. The smallest absolute Gasteiger partial charge is 0.0795 e. The maximum absolute atomic E-state index is 5.03. The molecule has 0 amide bonds. The van der Waals surface area contributed by atoms with Crippen LogP contribution in [0.15, 0.2) is 91.1 Å². The third kappa shape index (κ3) is 2.67. The summed E-state index contributed by atoms with van der Waals surface area (Å²) in [5, 5.41) is 3.60. The molecule has 0 aliphatic rings. The van der Waals surface area contributed by atoms with Crippen LogP contribution in [-0.2, 0) is 0 Å². The summed E-state index contributed by atoms with van der Waals surface area (Å²) in [6.45, 7) is 2.15. The van der Waals surface area contributed by atoms with E-state index in [1.54, 1.807) is 0 Å². The summed E-state index contributed by atoms with van der Waals surface area (Å²) >= 11 is 0. The first-order valence-corrected chi connectivity index (χ1v) is 9.11. The Bertz CT molecular complexity index is 1280. The van der Waals surface area contributed by atoms with Crippen LogP contribution in [0, 0.1) is 6.92 Å². The Morgan fingerprint density at radius 1 is 0.630 bits per heavy atom. The van der Waals surface area contributed by atoms with Gasteiger partial charge in [-0.05, 0) is 41.5 Å². The molecule has 0 atom stereocenters. The lowest BCUT2D eigenvalue weighted by Crippen LogP contribution is -1.93. The van der Waals surface area contributed by atoms with E-state index in [0.717, 1.165) is 27.9 Å². The van der Waals surface area contributed by atoms with Crippen molar-refractivity contribution >= 4 is 21.7 Å². The highest BCUT2D eigenvalue weighted by Crippen LogP contribution is 2.33. The van der Waals surface area contributed by atoms with Crippen LogP contribution < -0.4 is 0 Å². The summed E-state index contributed by atoms with van der Waals surface area (Å²) in [7, 11) is 0. The maximum Gasteiger partial charge on any atom is 0.0795 e. The number of aryl methyl sites for hydroxylation is 1. The quantitative estimate of drug-likeness (QED) is 0.368. The first kappa shape index (κ1) is 15.7. The summed E-state index contributed by atoms with van der Waals surface area (Å²) < 4.78 is 0. The van der Waals surface area contributed by atoms with Gasteiger partial charge in [0.15, 0.2) is 0 Å². The Balaban J connectivity index is 1.75. The summed E-state index contributed by atoms with van der Waals surface area (Å²) in [6, 6.07) is 29.4. The zero-order valence-corrected chi connectivity index (χ0v) is 15.1. The molecular weight excluding hydrogens is 328 g/mol. The Kier molecular flexibility index (Phi) is 3.68. The number of pyridine rings is 2. The predicted octanol–water partition coefficient (Wildman–Crippen LogP) is 6.43. The van der Waals surface area contributed by atoms with Gasteiger partial charge in [-0.25, -0.2) is 4.98 Å². The molecule has 2 aromatic heterocycles. The molecular formula is C25H18N2. The fourth-order valence-corrected chi connectivity index (χ4v) is 3.76. The zero-order valence-electron chi connectivity index (χ0n) is 15.1. The van der Waals surface area contributed by atoms with Gasteiger partial charge in [-0.15, -0.1) is 0 Å². The molecule has 2 heterocycles. The number of hydrogen-bond acceptors (Lipinski definition) is 2. The van der Waals surface area contributed by atoms with E-state index in [2.05, 4.69) is 90.8 Å². The Labute approximate surface area is 158 Å². The molecule has 128 valence electrons. The van der Waals surface area contributed by atoms with E-state index in [9.17, 15) is 0 Å². The van der Waals surface area contributed by atoms with Crippen LogP contribution in [0.3, 0.4) is 0 Å². The highest BCUT2D eigenvalue weighted by atomic mass is 14.7. The van der Waals surface area contributed by atoms with Crippen molar-refractivity contribution in [1.29, 1.82) is 0 Å². The van der Waals surface area contributed by atoms with E-state index < -0.39 is 0 Å². The van der Waals surface area contributed by atoms with Crippen LogP contribution in [0.25, 0.3) is 44.2 Å². The molecule has 0 bridgehead atoms. The lowest BCUT2D eigenvalue weighted by atomic mass is 9.96. The number of fused-ring (bicyclic) bond motifs is 2. The van der Waals surface area contributed by atoms with E-state index in [4.69, 9.17) is 4.98 Å². The molecule has 3 aromatic carbocycles. The second-order valence-corrected chi connectivity index (χ2v) is 6.77. The molecule has 2 nitrogen and oxygen atoms in total. The molecule has 5 aromatic rings. The molecule has 5 rings (SSSR count). The molecule has 2 heteroatoms. The maximum atomic E-state index is 5.03.